The number of nitrogens with zero attached hydrogens (tertiary/aromatic N) is 3. The van der Waals surface area contributed by atoms with Crippen LogP contribution in [-0.4, -0.2) is 71.2 Å². The summed E-state index contributed by atoms with van der Waals surface area (Å²) in [4.78, 5) is 37.7. The molecule has 1 rings (SSSR count). The van der Waals surface area contributed by atoms with Gasteiger partial charge in [0.15, 0.2) is 0 Å². The molecule has 11 heteroatoms. The fraction of sp³-hybridized carbons (Fsp3) is 0.724. The van der Waals surface area contributed by atoms with Crippen LogP contribution in [0.4, 0.5) is 0 Å². The summed E-state index contributed by atoms with van der Waals surface area (Å²) in [5.41, 5.74) is 0.445. The monoisotopic (exact) mass is 567 g/mol. The third kappa shape index (κ3) is 11.9. The maximum Gasteiger partial charge on any atom is 0.350 e. The highest BCUT2D eigenvalue weighted by Gasteiger charge is 2.27. The number of allylic oxidation sites excluding steroid dienone is 4. The molecule has 0 bridgehead atoms. The molecule has 40 heavy (non-hydrogen) atoms. The normalized spacial score (nSPS) is 14.1. The van der Waals surface area contributed by atoms with Crippen molar-refractivity contribution >= 4 is 5.97 Å². The topological polar surface area (TPSA) is 131 Å². The van der Waals surface area contributed by atoms with Crippen molar-refractivity contribution in [1.29, 1.82) is 0 Å². The van der Waals surface area contributed by atoms with Crippen molar-refractivity contribution < 1.29 is 28.8 Å². The van der Waals surface area contributed by atoms with E-state index < -0.39 is 41.6 Å². The number of aromatic nitrogens is 3. The van der Waals surface area contributed by atoms with Gasteiger partial charge in [-0.05, 0) is 59.8 Å². The van der Waals surface area contributed by atoms with Gasteiger partial charge < -0.3 is 24.1 Å². The minimum Gasteiger partial charge on any atom is -0.466 e. The van der Waals surface area contributed by atoms with Gasteiger partial charge >= 0.3 is 11.7 Å². The van der Waals surface area contributed by atoms with E-state index in [0.717, 1.165) is 17.3 Å². The number of aliphatic hydroxyl groups excluding tert-OH is 1. The maximum atomic E-state index is 13.3. The summed E-state index contributed by atoms with van der Waals surface area (Å²) in [6.07, 6.45) is 5.15. The molecule has 2 atom stereocenters. The molecule has 0 aliphatic carbocycles. The number of carbonyl (C=O) groups is 1. The Bertz CT molecular complexity index is 1110. The van der Waals surface area contributed by atoms with E-state index in [1.165, 1.54) is 22.8 Å². The third-order valence-electron chi connectivity index (χ3n) is 6.19. The van der Waals surface area contributed by atoms with Gasteiger partial charge in [-0.3, -0.25) is 14.2 Å². The van der Waals surface area contributed by atoms with Crippen molar-refractivity contribution in [3.63, 3.8) is 0 Å². The largest absolute Gasteiger partial charge is 0.466 e. The molecule has 1 aromatic heterocycles. The van der Waals surface area contributed by atoms with Crippen molar-refractivity contribution in [2.45, 2.75) is 99.1 Å². The number of aliphatic hydroxyl groups is 1. The Labute approximate surface area is 237 Å². The Morgan fingerprint density at radius 1 is 1.12 bits per heavy atom. The van der Waals surface area contributed by atoms with E-state index >= 15 is 0 Å². The SMILES string of the molecule is CCOC(=O)CCO[C@H](COC)[C@@H](CO)OCn1ncc(=O)n(C(C)(C)C/C=C(\C)CC(C)(C)C=C(C)C)c1=O. The van der Waals surface area contributed by atoms with Crippen LogP contribution < -0.4 is 11.2 Å². The van der Waals surface area contributed by atoms with E-state index in [0.29, 0.717) is 6.42 Å². The number of hydrogen-bond donors (Lipinski definition) is 1. The third-order valence-corrected chi connectivity index (χ3v) is 6.19. The molecular weight excluding hydrogens is 518 g/mol. The van der Waals surface area contributed by atoms with Gasteiger partial charge in [-0.1, -0.05) is 37.1 Å². The standard InChI is InChI=1S/C29H49N3O8/c1-10-38-26(35)12-14-39-24(19-37-9)23(18-33)40-20-31-27(36)32(25(34)17-30-31)29(7,8)13-11-22(4)16-28(5,6)15-21(2)3/h11,15,17,23-24,33H,10,12-14,16,18-20H2,1-9H3/b22-11+/t23-,24-/m1/s1. The molecule has 0 saturated carbocycles. The van der Waals surface area contributed by atoms with Gasteiger partial charge in [-0.15, -0.1) is 0 Å². The molecule has 1 aromatic rings. The Balaban J connectivity index is 3.04. The lowest BCUT2D eigenvalue weighted by molar-refractivity contribution is -0.150. The van der Waals surface area contributed by atoms with Gasteiger partial charge in [0.25, 0.3) is 5.56 Å². The average Bonchev–Trinajstić information content (AvgIpc) is 2.83. The van der Waals surface area contributed by atoms with E-state index in [1.807, 2.05) is 13.8 Å². The number of ether oxygens (including phenoxy) is 4. The van der Waals surface area contributed by atoms with Crippen LogP contribution in [0, 0.1) is 5.41 Å². The van der Waals surface area contributed by atoms with Gasteiger partial charge in [0.1, 0.15) is 25.1 Å². The van der Waals surface area contributed by atoms with Gasteiger partial charge in [-0.2, -0.15) is 9.78 Å². The number of carbonyl (C=O) groups excluding carboxylic acids is 1. The Hall–Kier alpha value is -2.60. The highest BCUT2D eigenvalue weighted by molar-refractivity contribution is 5.69. The van der Waals surface area contributed by atoms with Gasteiger partial charge in [-0.25, -0.2) is 4.79 Å². The molecule has 0 unspecified atom stereocenters. The van der Waals surface area contributed by atoms with E-state index in [9.17, 15) is 19.5 Å². The van der Waals surface area contributed by atoms with Crippen molar-refractivity contribution in [1.82, 2.24) is 14.3 Å². The van der Waals surface area contributed by atoms with Crippen LogP contribution in [0.2, 0.25) is 0 Å². The van der Waals surface area contributed by atoms with Crippen LogP contribution in [-0.2, 0) is 36.0 Å². The average molecular weight is 568 g/mol. The maximum absolute atomic E-state index is 13.3. The second-order valence-corrected chi connectivity index (χ2v) is 11.5. The van der Waals surface area contributed by atoms with Crippen molar-refractivity contribution in [3.05, 3.63) is 50.3 Å². The Kier molecular flexibility index (Phi) is 14.7. The van der Waals surface area contributed by atoms with Crippen LogP contribution in [0.1, 0.15) is 74.7 Å². The summed E-state index contributed by atoms with van der Waals surface area (Å²) in [7, 11) is 1.47. The molecule has 0 saturated heterocycles. The van der Waals surface area contributed by atoms with Gasteiger partial charge in [0.2, 0.25) is 0 Å². The van der Waals surface area contributed by atoms with E-state index in [4.69, 9.17) is 18.9 Å². The lowest BCUT2D eigenvalue weighted by Gasteiger charge is -2.28. The molecule has 1 heterocycles. The zero-order valence-corrected chi connectivity index (χ0v) is 25.7. The summed E-state index contributed by atoms with van der Waals surface area (Å²) in [6, 6.07) is 0. The van der Waals surface area contributed by atoms with Crippen LogP contribution in [0.25, 0.3) is 0 Å². The Morgan fingerprint density at radius 3 is 2.38 bits per heavy atom. The van der Waals surface area contributed by atoms with Crippen molar-refractivity contribution in [3.8, 4) is 0 Å². The lowest BCUT2D eigenvalue weighted by atomic mass is 9.83. The fourth-order valence-corrected chi connectivity index (χ4v) is 4.62. The molecule has 11 nitrogen and oxygen atoms in total. The molecule has 1 N–H and O–H groups in total. The second-order valence-electron chi connectivity index (χ2n) is 11.5. The first-order valence-electron chi connectivity index (χ1n) is 13.7. The highest BCUT2D eigenvalue weighted by Crippen LogP contribution is 2.29. The molecule has 0 fully saturated rings. The minimum absolute atomic E-state index is 0.00638. The molecule has 0 amide bonds. The number of rotatable bonds is 18. The summed E-state index contributed by atoms with van der Waals surface area (Å²) in [5, 5.41) is 13.9. The predicted octanol–water partition coefficient (Wildman–Crippen LogP) is 3.18. The number of methoxy groups -OCH3 is 1. The van der Waals surface area contributed by atoms with Crippen LogP contribution in [0.5, 0.6) is 0 Å². The smallest absolute Gasteiger partial charge is 0.350 e. The first-order valence-corrected chi connectivity index (χ1v) is 13.7. The molecule has 0 aromatic carbocycles. The van der Waals surface area contributed by atoms with Crippen molar-refractivity contribution in [2.24, 2.45) is 5.41 Å². The molecule has 0 radical (unpaired) electrons. The molecular formula is C29H49N3O8. The van der Waals surface area contributed by atoms with E-state index in [-0.39, 0.29) is 38.4 Å². The van der Waals surface area contributed by atoms with Crippen molar-refractivity contribution in [2.75, 3.05) is 33.5 Å². The van der Waals surface area contributed by atoms with E-state index in [2.05, 4.69) is 51.9 Å². The fourth-order valence-electron chi connectivity index (χ4n) is 4.62. The lowest BCUT2D eigenvalue weighted by Crippen LogP contribution is -2.50. The summed E-state index contributed by atoms with van der Waals surface area (Å²) < 4.78 is 23.7. The minimum atomic E-state index is -0.876. The first-order chi connectivity index (χ1) is 18.7. The summed E-state index contributed by atoms with van der Waals surface area (Å²) in [5.74, 6) is -0.401. The summed E-state index contributed by atoms with van der Waals surface area (Å²) >= 11 is 0. The van der Waals surface area contributed by atoms with Gasteiger partial charge in [0, 0.05) is 7.11 Å². The molecule has 0 aliphatic rings. The first kappa shape index (κ1) is 35.4. The number of hydrogen-bond acceptors (Lipinski definition) is 9. The van der Waals surface area contributed by atoms with E-state index in [1.54, 1.807) is 6.92 Å². The van der Waals surface area contributed by atoms with Crippen LogP contribution in [0.3, 0.4) is 0 Å². The van der Waals surface area contributed by atoms with Gasteiger partial charge in [0.05, 0.1) is 38.4 Å². The quantitative estimate of drug-likeness (QED) is 0.210. The van der Waals surface area contributed by atoms with Crippen LogP contribution in [0.15, 0.2) is 39.1 Å². The number of esters is 1. The Morgan fingerprint density at radius 2 is 1.80 bits per heavy atom. The zero-order chi connectivity index (χ0) is 30.5. The summed E-state index contributed by atoms with van der Waals surface area (Å²) in [6.45, 7) is 15.6. The molecule has 0 aliphatic heterocycles. The predicted molar refractivity (Wildman–Crippen MR) is 153 cm³/mol. The second kappa shape index (κ2) is 16.6. The highest BCUT2D eigenvalue weighted by atomic mass is 16.6. The zero-order valence-electron chi connectivity index (χ0n) is 25.7. The molecule has 0 spiro atoms. The van der Waals surface area contributed by atoms with Crippen LogP contribution >= 0.6 is 0 Å². The molecule has 228 valence electrons.